The Balaban J connectivity index is 2.62. The highest BCUT2D eigenvalue weighted by Crippen LogP contribution is 2.12. The van der Waals surface area contributed by atoms with Crippen LogP contribution in [0, 0.1) is 0 Å². The molecule has 0 aliphatic rings. The van der Waals surface area contributed by atoms with Gasteiger partial charge in [0.05, 0.1) is 13.7 Å². The number of hydrazine groups is 1. The average molecular weight is 238 g/mol. The van der Waals surface area contributed by atoms with Crippen molar-refractivity contribution in [3.8, 4) is 5.75 Å². The Morgan fingerprint density at radius 2 is 2.06 bits per heavy atom. The Kier molecular flexibility index (Phi) is 4.80. The molecule has 92 valence electrons. The molecule has 0 unspecified atom stereocenters. The van der Waals surface area contributed by atoms with E-state index in [2.05, 4.69) is 15.6 Å². The zero-order valence-corrected chi connectivity index (χ0v) is 9.65. The van der Waals surface area contributed by atoms with Gasteiger partial charge in [0, 0.05) is 5.56 Å². The van der Waals surface area contributed by atoms with E-state index >= 15 is 0 Å². The number of carbonyl (C=O) groups is 2. The van der Waals surface area contributed by atoms with Gasteiger partial charge in [0.25, 0.3) is 5.91 Å². The van der Waals surface area contributed by atoms with Crippen molar-refractivity contribution in [2.24, 2.45) is 0 Å². The van der Waals surface area contributed by atoms with Crippen molar-refractivity contribution in [1.82, 2.24) is 10.9 Å². The van der Waals surface area contributed by atoms with E-state index < -0.39 is 12.0 Å². The van der Waals surface area contributed by atoms with Crippen LogP contribution in [-0.2, 0) is 4.74 Å². The van der Waals surface area contributed by atoms with Crippen molar-refractivity contribution >= 4 is 12.0 Å². The van der Waals surface area contributed by atoms with E-state index in [-0.39, 0.29) is 0 Å². The Labute approximate surface area is 98.9 Å². The molecule has 0 fully saturated rings. The van der Waals surface area contributed by atoms with E-state index in [1.165, 1.54) is 7.11 Å². The van der Waals surface area contributed by atoms with Crippen LogP contribution < -0.4 is 15.6 Å². The molecule has 0 aliphatic heterocycles. The van der Waals surface area contributed by atoms with Gasteiger partial charge in [-0.25, -0.2) is 10.2 Å². The van der Waals surface area contributed by atoms with Crippen LogP contribution in [0.4, 0.5) is 4.79 Å². The molecule has 17 heavy (non-hydrogen) atoms. The molecule has 0 aliphatic carbocycles. The number of ether oxygens (including phenoxy) is 2. The minimum Gasteiger partial charge on any atom is -0.494 e. The molecule has 0 saturated heterocycles. The van der Waals surface area contributed by atoms with E-state index in [9.17, 15) is 9.59 Å². The van der Waals surface area contributed by atoms with Gasteiger partial charge in [-0.1, -0.05) is 6.07 Å². The minimum absolute atomic E-state index is 0.382. The first-order valence-corrected chi connectivity index (χ1v) is 5.04. The van der Waals surface area contributed by atoms with E-state index in [1.54, 1.807) is 24.3 Å². The molecule has 0 radical (unpaired) electrons. The molecule has 6 heteroatoms. The van der Waals surface area contributed by atoms with Crippen molar-refractivity contribution in [2.75, 3.05) is 13.7 Å². The highest BCUT2D eigenvalue weighted by Gasteiger charge is 2.07. The van der Waals surface area contributed by atoms with Gasteiger partial charge in [-0.2, -0.15) is 0 Å². The fourth-order valence-electron chi connectivity index (χ4n) is 1.12. The summed E-state index contributed by atoms with van der Waals surface area (Å²) in [4.78, 5) is 22.3. The summed E-state index contributed by atoms with van der Waals surface area (Å²) in [6, 6.07) is 6.63. The molecule has 0 bridgehead atoms. The lowest BCUT2D eigenvalue weighted by Gasteiger charge is -2.07. The number of benzene rings is 1. The largest absolute Gasteiger partial charge is 0.494 e. The van der Waals surface area contributed by atoms with Gasteiger partial charge in [-0.3, -0.25) is 10.2 Å². The Hall–Kier alpha value is -2.24. The molecule has 0 saturated carbocycles. The highest BCUT2D eigenvalue weighted by atomic mass is 16.5. The predicted octanol–water partition coefficient (Wildman–Crippen LogP) is 1.09. The summed E-state index contributed by atoms with van der Waals surface area (Å²) in [5.74, 6) is 0.148. The van der Waals surface area contributed by atoms with Crippen molar-refractivity contribution in [2.45, 2.75) is 6.92 Å². The van der Waals surface area contributed by atoms with Gasteiger partial charge in [0.15, 0.2) is 0 Å². The molecule has 0 aromatic heterocycles. The molecule has 2 amide bonds. The van der Waals surface area contributed by atoms with Crippen molar-refractivity contribution in [3.05, 3.63) is 29.8 Å². The lowest BCUT2D eigenvalue weighted by molar-refractivity contribution is 0.0920. The topological polar surface area (TPSA) is 76.7 Å². The number of amides is 2. The van der Waals surface area contributed by atoms with Crippen LogP contribution in [-0.4, -0.2) is 25.7 Å². The van der Waals surface area contributed by atoms with Gasteiger partial charge in [-0.15, -0.1) is 0 Å². The number of rotatable bonds is 3. The number of hydrogen-bond donors (Lipinski definition) is 2. The van der Waals surface area contributed by atoms with Crippen LogP contribution >= 0.6 is 0 Å². The molecule has 1 rings (SSSR count). The van der Waals surface area contributed by atoms with Crippen molar-refractivity contribution < 1.29 is 19.1 Å². The first-order chi connectivity index (χ1) is 8.17. The zero-order chi connectivity index (χ0) is 12.7. The summed E-state index contributed by atoms with van der Waals surface area (Å²) in [5.41, 5.74) is 4.66. The molecule has 0 atom stereocenters. The number of methoxy groups -OCH3 is 1. The van der Waals surface area contributed by atoms with Crippen LogP contribution in [0.2, 0.25) is 0 Å². The number of hydrogen-bond acceptors (Lipinski definition) is 4. The van der Waals surface area contributed by atoms with Crippen molar-refractivity contribution in [1.29, 1.82) is 0 Å². The van der Waals surface area contributed by atoms with Gasteiger partial charge >= 0.3 is 6.09 Å². The van der Waals surface area contributed by atoms with E-state index in [0.29, 0.717) is 17.9 Å². The lowest BCUT2D eigenvalue weighted by Crippen LogP contribution is -2.41. The van der Waals surface area contributed by atoms with Crippen LogP contribution in [0.15, 0.2) is 24.3 Å². The first-order valence-electron chi connectivity index (χ1n) is 5.04. The molecule has 0 spiro atoms. The molecule has 2 N–H and O–H groups in total. The van der Waals surface area contributed by atoms with Crippen LogP contribution in [0.25, 0.3) is 0 Å². The Morgan fingerprint density at radius 1 is 1.29 bits per heavy atom. The Morgan fingerprint density at radius 3 is 2.71 bits per heavy atom. The molecule has 1 aromatic carbocycles. The summed E-state index contributed by atoms with van der Waals surface area (Å²) < 4.78 is 9.56. The second kappa shape index (κ2) is 6.37. The van der Waals surface area contributed by atoms with Crippen molar-refractivity contribution in [3.63, 3.8) is 0 Å². The predicted molar refractivity (Wildman–Crippen MR) is 60.6 cm³/mol. The maximum absolute atomic E-state index is 11.6. The monoisotopic (exact) mass is 238 g/mol. The normalized spacial score (nSPS) is 9.29. The fourth-order valence-corrected chi connectivity index (χ4v) is 1.12. The number of nitrogens with one attached hydrogen (secondary N) is 2. The second-order valence-electron chi connectivity index (χ2n) is 3.03. The third-order valence-corrected chi connectivity index (χ3v) is 1.87. The maximum atomic E-state index is 11.6. The fraction of sp³-hybridized carbons (Fsp3) is 0.273. The molecular formula is C11H14N2O4. The van der Waals surface area contributed by atoms with Gasteiger partial charge in [0.2, 0.25) is 0 Å². The highest BCUT2D eigenvalue weighted by molar-refractivity contribution is 5.95. The van der Waals surface area contributed by atoms with Gasteiger partial charge in [-0.05, 0) is 25.1 Å². The van der Waals surface area contributed by atoms with Gasteiger partial charge < -0.3 is 9.47 Å². The SMILES string of the molecule is CCOc1cccc(C(=O)NNC(=O)OC)c1. The second-order valence-corrected chi connectivity index (χ2v) is 3.03. The van der Waals surface area contributed by atoms with Crippen LogP contribution in [0.5, 0.6) is 5.75 Å². The molecule has 0 heterocycles. The smallest absolute Gasteiger partial charge is 0.425 e. The third kappa shape index (κ3) is 4.02. The number of carbonyl (C=O) groups excluding carboxylic acids is 2. The average Bonchev–Trinajstić information content (AvgIpc) is 2.36. The molecule has 6 nitrogen and oxygen atoms in total. The summed E-state index contributed by atoms with van der Waals surface area (Å²) in [6.07, 6.45) is -0.737. The maximum Gasteiger partial charge on any atom is 0.425 e. The van der Waals surface area contributed by atoms with E-state index in [4.69, 9.17) is 4.74 Å². The lowest BCUT2D eigenvalue weighted by atomic mass is 10.2. The quantitative estimate of drug-likeness (QED) is 0.773. The van der Waals surface area contributed by atoms with E-state index in [0.717, 1.165) is 0 Å². The molecule has 1 aromatic rings. The zero-order valence-electron chi connectivity index (χ0n) is 9.65. The summed E-state index contributed by atoms with van der Waals surface area (Å²) in [6.45, 7) is 2.37. The van der Waals surface area contributed by atoms with Gasteiger partial charge in [0.1, 0.15) is 5.75 Å². The molecular weight excluding hydrogens is 224 g/mol. The summed E-state index contributed by atoms with van der Waals surface area (Å²) in [7, 11) is 1.21. The summed E-state index contributed by atoms with van der Waals surface area (Å²) in [5, 5.41) is 0. The first kappa shape index (κ1) is 12.8. The van der Waals surface area contributed by atoms with E-state index in [1.807, 2.05) is 6.92 Å². The minimum atomic E-state index is -0.737. The van der Waals surface area contributed by atoms with Crippen LogP contribution in [0.3, 0.4) is 0 Å². The third-order valence-electron chi connectivity index (χ3n) is 1.87. The van der Waals surface area contributed by atoms with Crippen LogP contribution in [0.1, 0.15) is 17.3 Å². The standard InChI is InChI=1S/C11H14N2O4/c1-3-17-9-6-4-5-8(7-9)10(14)12-13-11(15)16-2/h4-7H,3H2,1-2H3,(H,12,14)(H,13,15). The summed E-state index contributed by atoms with van der Waals surface area (Å²) >= 11 is 0. The Bertz CT molecular complexity index is 406.